The molecule has 0 spiro atoms. The Kier molecular flexibility index (Phi) is 5.17. The van der Waals surface area contributed by atoms with Crippen LogP contribution in [0.5, 0.6) is 0 Å². The van der Waals surface area contributed by atoms with Gasteiger partial charge in [0.25, 0.3) is 0 Å². The SMILES string of the molecule is Cl.O=C(Cc1ccc(F)cc1F)NC1CC2CCC(C1)N2. The lowest BCUT2D eigenvalue weighted by atomic mass is 9.99. The third-order valence-electron chi connectivity index (χ3n) is 4.20. The molecule has 2 atom stereocenters. The van der Waals surface area contributed by atoms with Crippen molar-refractivity contribution < 1.29 is 13.6 Å². The zero-order chi connectivity index (χ0) is 14.1. The van der Waals surface area contributed by atoms with Crippen LogP contribution in [0.3, 0.4) is 0 Å². The van der Waals surface area contributed by atoms with Crippen molar-refractivity contribution in [1.82, 2.24) is 10.6 Å². The molecule has 6 heteroatoms. The summed E-state index contributed by atoms with van der Waals surface area (Å²) >= 11 is 0. The van der Waals surface area contributed by atoms with Gasteiger partial charge in [-0.05, 0) is 37.3 Å². The second kappa shape index (κ2) is 6.71. The van der Waals surface area contributed by atoms with Crippen LogP contribution in [-0.4, -0.2) is 24.0 Å². The summed E-state index contributed by atoms with van der Waals surface area (Å²) in [6.45, 7) is 0. The average molecular weight is 317 g/mol. The summed E-state index contributed by atoms with van der Waals surface area (Å²) in [5.41, 5.74) is 0.237. The number of amides is 1. The summed E-state index contributed by atoms with van der Waals surface area (Å²) in [6.07, 6.45) is 4.18. The maximum Gasteiger partial charge on any atom is 0.224 e. The standard InChI is InChI=1S/C15H18F2N2O.ClH/c16-10-2-1-9(14(17)6-10)5-15(20)19-13-7-11-3-4-12(8-13)18-11;/h1-2,6,11-13,18H,3-5,7-8H2,(H,19,20);1H. The molecule has 2 aliphatic rings. The summed E-state index contributed by atoms with van der Waals surface area (Å²) in [5.74, 6) is -1.48. The number of nitrogens with one attached hydrogen (secondary N) is 2. The molecule has 1 aromatic carbocycles. The van der Waals surface area contributed by atoms with E-state index in [9.17, 15) is 13.6 Å². The van der Waals surface area contributed by atoms with Crippen LogP contribution in [-0.2, 0) is 11.2 Å². The first-order valence-corrected chi connectivity index (χ1v) is 7.09. The molecule has 1 aromatic rings. The monoisotopic (exact) mass is 316 g/mol. The highest BCUT2D eigenvalue weighted by atomic mass is 35.5. The molecule has 0 aromatic heterocycles. The topological polar surface area (TPSA) is 41.1 Å². The van der Waals surface area contributed by atoms with Gasteiger partial charge >= 0.3 is 0 Å². The minimum atomic E-state index is -0.662. The van der Waals surface area contributed by atoms with Crippen molar-refractivity contribution in [2.45, 2.75) is 50.2 Å². The van der Waals surface area contributed by atoms with Gasteiger partial charge in [-0.15, -0.1) is 12.4 Å². The number of benzene rings is 1. The average Bonchev–Trinajstić information content (AvgIpc) is 2.72. The molecule has 2 bridgehead atoms. The van der Waals surface area contributed by atoms with Gasteiger partial charge in [-0.1, -0.05) is 6.07 Å². The van der Waals surface area contributed by atoms with Crippen LogP contribution >= 0.6 is 12.4 Å². The Bertz CT molecular complexity index is 514. The zero-order valence-electron chi connectivity index (χ0n) is 11.6. The highest BCUT2D eigenvalue weighted by Gasteiger charge is 2.33. The van der Waals surface area contributed by atoms with Crippen molar-refractivity contribution in [2.75, 3.05) is 0 Å². The maximum absolute atomic E-state index is 13.5. The normalized spacial score (nSPS) is 27.0. The molecule has 3 nitrogen and oxygen atoms in total. The van der Waals surface area contributed by atoms with Gasteiger partial charge in [-0.3, -0.25) is 4.79 Å². The van der Waals surface area contributed by atoms with E-state index < -0.39 is 11.6 Å². The van der Waals surface area contributed by atoms with Gasteiger partial charge in [0, 0.05) is 24.2 Å². The van der Waals surface area contributed by atoms with Gasteiger partial charge in [-0.25, -0.2) is 8.78 Å². The lowest BCUT2D eigenvalue weighted by Gasteiger charge is -2.29. The second-order valence-electron chi connectivity index (χ2n) is 5.79. The van der Waals surface area contributed by atoms with Crippen molar-refractivity contribution in [3.8, 4) is 0 Å². The number of fused-ring (bicyclic) bond motifs is 2. The lowest BCUT2D eigenvalue weighted by Crippen LogP contribution is -2.48. The smallest absolute Gasteiger partial charge is 0.224 e. The minimum Gasteiger partial charge on any atom is -0.353 e. The summed E-state index contributed by atoms with van der Waals surface area (Å²) in [7, 11) is 0. The van der Waals surface area contributed by atoms with E-state index in [1.807, 2.05) is 0 Å². The quantitative estimate of drug-likeness (QED) is 0.898. The summed E-state index contributed by atoms with van der Waals surface area (Å²) in [6, 6.07) is 4.49. The summed E-state index contributed by atoms with van der Waals surface area (Å²) in [5, 5.41) is 6.48. The third kappa shape index (κ3) is 3.92. The van der Waals surface area contributed by atoms with Gasteiger partial charge in [0.2, 0.25) is 5.91 Å². The van der Waals surface area contributed by atoms with Crippen molar-refractivity contribution in [3.05, 3.63) is 35.4 Å². The van der Waals surface area contributed by atoms with E-state index in [0.29, 0.717) is 12.1 Å². The molecular formula is C15H19ClF2N2O. The Balaban J connectivity index is 0.00000161. The summed E-state index contributed by atoms with van der Waals surface area (Å²) < 4.78 is 26.3. The van der Waals surface area contributed by atoms with Gasteiger partial charge in [-0.2, -0.15) is 0 Å². The number of hydrogen-bond acceptors (Lipinski definition) is 2. The molecular weight excluding hydrogens is 298 g/mol. The molecule has 3 rings (SSSR count). The Morgan fingerprint density at radius 3 is 2.52 bits per heavy atom. The van der Waals surface area contributed by atoms with Crippen molar-refractivity contribution in [1.29, 1.82) is 0 Å². The molecule has 2 fully saturated rings. The molecule has 21 heavy (non-hydrogen) atoms. The van der Waals surface area contributed by atoms with Crippen LogP contribution in [0, 0.1) is 11.6 Å². The van der Waals surface area contributed by atoms with Gasteiger partial charge in [0.1, 0.15) is 11.6 Å². The molecule has 2 heterocycles. The fourth-order valence-corrected chi connectivity index (χ4v) is 3.29. The van der Waals surface area contributed by atoms with E-state index in [4.69, 9.17) is 0 Å². The van der Waals surface area contributed by atoms with Gasteiger partial charge in [0.15, 0.2) is 0 Å². The summed E-state index contributed by atoms with van der Waals surface area (Å²) in [4.78, 5) is 12.0. The highest BCUT2D eigenvalue weighted by molar-refractivity contribution is 5.85. The number of hydrogen-bond donors (Lipinski definition) is 2. The molecule has 0 aliphatic carbocycles. The van der Waals surface area contributed by atoms with Crippen LogP contribution in [0.15, 0.2) is 18.2 Å². The number of halogens is 3. The Morgan fingerprint density at radius 2 is 1.90 bits per heavy atom. The molecule has 0 radical (unpaired) electrons. The lowest BCUT2D eigenvalue weighted by molar-refractivity contribution is -0.121. The van der Waals surface area contributed by atoms with Crippen LogP contribution in [0.2, 0.25) is 0 Å². The number of carbonyl (C=O) groups is 1. The molecule has 2 N–H and O–H groups in total. The Hall–Kier alpha value is -1.20. The first-order chi connectivity index (χ1) is 9.60. The van der Waals surface area contributed by atoms with E-state index in [2.05, 4.69) is 10.6 Å². The largest absolute Gasteiger partial charge is 0.353 e. The van der Waals surface area contributed by atoms with Crippen molar-refractivity contribution in [3.63, 3.8) is 0 Å². The Labute approximate surface area is 128 Å². The second-order valence-corrected chi connectivity index (χ2v) is 5.79. The fourth-order valence-electron chi connectivity index (χ4n) is 3.29. The Morgan fingerprint density at radius 1 is 1.24 bits per heavy atom. The van der Waals surface area contributed by atoms with Gasteiger partial charge < -0.3 is 10.6 Å². The van der Waals surface area contributed by atoms with E-state index in [0.717, 1.165) is 18.9 Å². The van der Waals surface area contributed by atoms with Crippen LogP contribution in [0.4, 0.5) is 8.78 Å². The third-order valence-corrected chi connectivity index (χ3v) is 4.20. The van der Waals surface area contributed by atoms with E-state index in [1.54, 1.807) is 0 Å². The minimum absolute atomic E-state index is 0. The van der Waals surface area contributed by atoms with E-state index in [-0.39, 0.29) is 36.3 Å². The first-order valence-electron chi connectivity index (χ1n) is 7.09. The molecule has 1 amide bonds. The number of carbonyl (C=O) groups excluding carboxylic acids is 1. The van der Waals surface area contributed by atoms with Crippen molar-refractivity contribution in [2.24, 2.45) is 0 Å². The highest BCUT2D eigenvalue weighted by Crippen LogP contribution is 2.26. The number of rotatable bonds is 3. The predicted octanol–water partition coefficient (Wildman–Crippen LogP) is 2.33. The first kappa shape index (κ1) is 16.2. The van der Waals surface area contributed by atoms with E-state index in [1.165, 1.54) is 25.0 Å². The fraction of sp³-hybridized carbons (Fsp3) is 0.533. The molecule has 2 saturated heterocycles. The maximum atomic E-state index is 13.5. The van der Waals surface area contributed by atoms with Crippen LogP contribution < -0.4 is 10.6 Å². The molecule has 2 aliphatic heterocycles. The molecule has 116 valence electrons. The van der Waals surface area contributed by atoms with E-state index >= 15 is 0 Å². The number of piperidine rings is 1. The molecule has 2 unspecified atom stereocenters. The zero-order valence-corrected chi connectivity index (χ0v) is 12.4. The van der Waals surface area contributed by atoms with Crippen molar-refractivity contribution >= 4 is 18.3 Å². The van der Waals surface area contributed by atoms with Gasteiger partial charge in [0.05, 0.1) is 6.42 Å². The van der Waals surface area contributed by atoms with Crippen LogP contribution in [0.1, 0.15) is 31.2 Å². The molecule has 0 saturated carbocycles. The predicted molar refractivity (Wildman–Crippen MR) is 78.4 cm³/mol. The van der Waals surface area contributed by atoms with Crippen LogP contribution in [0.25, 0.3) is 0 Å².